The summed E-state index contributed by atoms with van der Waals surface area (Å²) in [6.07, 6.45) is 2.63. The highest BCUT2D eigenvalue weighted by atomic mass is 16.4. The van der Waals surface area contributed by atoms with Gasteiger partial charge < -0.3 is 14.9 Å². The number of carbonyl (C=O) groups is 2. The number of piperidine rings is 1. The molecule has 0 saturated carbocycles. The first-order valence-electron chi connectivity index (χ1n) is 7.41. The summed E-state index contributed by atoms with van der Waals surface area (Å²) < 4.78 is 0. The van der Waals surface area contributed by atoms with E-state index in [0.717, 1.165) is 19.3 Å². The summed E-state index contributed by atoms with van der Waals surface area (Å²) in [6.45, 7) is 9.29. The van der Waals surface area contributed by atoms with Crippen molar-refractivity contribution in [2.45, 2.75) is 53.0 Å². The van der Waals surface area contributed by atoms with Crippen LogP contribution in [0.1, 0.15) is 47.0 Å². The van der Waals surface area contributed by atoms with E-state index in [-0.39, 0.29) is 11.4 Å². The number of urea groups is 1. The Balaban J connectivity index is 2.81. The summed E-state index contributed by atoms with van der Waals surface area (Å²) in [6, 6.07) is -0.893. The van der Waals surface area contributed by atoms with Crippen LogP contribution < -0.4 is 0 Å². The zero-order valence-electron chi connectivity index (χ0n) is 13.3. The molecule has 20 heavy (non-hydrogen) atoms. The van der Waals surface area contributed by atoms with Crippen LogP contribution in [0.4, 0.5) is 4.79 Å². The Hall–Kier alpha value is -1.26. The van der Waals surface area contributed by atoms with Gasteiger partial charge in [0, 0.05) is 20.1 Å². The van der Waals surface area contributed by atoms with Gasteiger partial charge in [-0.3, -0.25) is 0 Å². The zero-order valence-corrected chi connectivity index (χ0v) is 13.3. The molecule has 2 amide bonds. The van der Waals surface area contributed by atoms with Gasteiger partial charge in [0.1, 0.15) is 6.04 Å². The van der Waals surface area contributed by atoms with Crippen molar-refractivity contribution in [3.8, 4) is 0 Å². The van der Waals surface area contributed by atoms with E-state index in [1.54, 1.807) is 11.9 Å². The molecule has 116 valence electrons. The Morgan fingerprint density at radius 3 is 2.50 bits per heavy atom. The van der Waals surface area contributed by atoms with Crippen LogP contribution >= 0.6 is 0 Å². The standard InChI is InChI=1S/C15H28N2O3/c1-11(2)7-10-16(5)14(20)17-9-6-8-15(3,4)12(17)13(18)19/h11-12H,6-10H2,1-5H3,(H,18,19). The van der Waals surface area contributed by atoms with Crippen molar-refractivity contribution in [2.75, 3.05) is 20.1 Å². The monoisotopic (exact) mass is 284 g/mol. The topological polar surface area (TPSA) is 60.9 Å². The van der Waals surface area contributed by atoms with E-state index < -0.39 is 12.0 Å². The molecule has 1 fully saturated rings. The molecule has 1 N–H and O–H groups in total. The normalized spacial score (nSPS) is 21.9. The molecule has 1 heterocycles. The van der Waals surface area contributed by atoms with Gasteiger partial charge in [-0.1, -0.05) is 27.7 Å². The third-order valence-corrected chi connectivity index (χ3v) is 4.12. The van der Waals surface area contributed by atoms with E-state index in [1.807, 2.05) is 13.8 Å². The number of nitrogens with zero attached hydrogens (tertiary/aromatic N) is 2. The fourth-order valence-electron chi connectivity index (χ4n) is 2.83. The minimum absolute atomic E-state index is 0.161. The molecule has 1 rings (SSSR count). The molecular weight excluding hydrogens is 256 g/mol. The van der Waals surface area contributed by atoms with E-state index in [9.17, 15) is 14.7 Å². The number of aliphatic carboxylic acids is 1. The van der Waals surface area contributed by atoms with Gasteiger partial charge in [-0.05, 0) is 30.6 Å². The third-order valence-electron chi connectivity index (χ3n) is 4.12. The summed E-state index contributed by atoms with van der Waals surface area (Å²) >= 11 is 0. The number of likely N-dealkylation sites (tertiary alicyclic amines) is 1. The van der Waals surface area contributed by atoms with E-state index in [1.165, 1.54) is 4.90 Å². The summed E-state index contributed by atoms with van der Waals surface area (Å²) in [5.74, 6) is -0.376. The fraction of sp³-hybridized carbons (Fsp3) is 0.867. The maximum Gasteiger partial charge on any atom is 0.327 e. The smallest absolute Gasteiger partial charge is 0.327 e. The van der Waals surface area contributed by atoms with Crippen LogP contribution in [0.15, 0.2) is 0 Å². The summed E-state index contributed by atoms with van der Waals surface area (Å²) in [7, 11) is 1.76. The predicted octanol–water partition coefficient (Wildman–Crippen LogP) is 2.66. The highest BCUT2D eigenvalue weighted by Gasteiger charge is 2.45. The lowest BCUT2D eigenvalue weighted by molar-refractivity contribution is -0.148. The lowest BCUT2D eigenvalue weighted by Crippen LogP contribution is -2.58. The maximum atomic E-state index is 12.5. The summed E-state index contributed by atoms with van der Waals surface area (Å²) in [5, 5.41) is 9.48. The van der Waals surface area contributed by atoms with Gasteiger partial charge in [-0.25, -0.2) is 9.59 Å². The fourth-order valence-corrected chi connectivity index (χ4v) is 2.83. The molecular formula is C15H28N2O3. The van der Waals surface area contributed by atoms with Crippen molar-refractivity contribution in [3.05, 3.63) is 0 Å². The van der Waals surface area contributed by atoms with Gasteiger partial charge in [0.15, 0.2) is 0 Å². The van der Waals surface area contributed by atoms with Gasteiger partial charge in [0.2, 0.25) is 0 Å². The van der Waals surface area contributed by atoms with Crippen LogP contribution in [0.2, 0.25) is 0 Å². The van der Waals surface area contributed by atoms with Gasteiger partial charge in [0.25, 0.3) is 0 Å². The first kappa shape index (κ1) is 16.8. The van der Waals surface area contributed by atoms with Crippen molar-refractivity contribution in [1.29, 1.82) is 0 Å². The summed E-state index contributed by atoms with van der Waals surface area (Å²) in [5.41, 5.74) is -0.376. The number of hydrogen-bond acceptors (Lipinski definition) is 2. The van der Waals surface area contributed by atoms with Gasteiger partial charge in [0.05, 0.1) is 0 Å². The molecule has 0 aromatic heterocycles. The molecule has 0 spiro atoms. The Kier molecular flexibility index (Phi) is 5.42. The molecule has 0 aliphatic carbocycles. The first-order chi connectivity index (χ1) is 9.16. The number of amides is 2. The highest BCUT2D eigenvalue weighted by molar-refractivity contribution is 5.83. The Labute approximate surface area is 121 Å². The van der Waals surface area contributed by atoms with E-state index >= 15 is 0 Å². The second kappa shape index (κ2) is 6.46. The van der Waals surface area contributed by atoms with Gasteiger partial charge in [-0.15, -0.1) is 0 Å². The molecule has 0 radical (unpaired) electrons. The molecule has 5 heteroatoms. The molecule has 0 aromatic carbocycles. The van der Waals surface area contributed by atoms with Crippen LogP contribution in [0.5, 0.6) is 0 Å². The minimum Gasteiger partial charge on any atom is -0.480 e. The molecule has 1 saturated heterocycles. The van der Waals surface area contributed by atoms with Crippen LogP contribution in [-0.2, 0) is 4.79 Å². The van der Waals surface area contributed by atoms with Gasteiger partial charge in [-0.2, -0.15) is 0 Å². The van der Waals surface area contributed by atoms with E-state index in [0.29, 0.717) is 19.0 Å². The number of carboxylic acids is 1. The van der Waals surface area contributed by atoms with Crippen molar-refractivity contribution in [1.82, 2.24) is 9.80 Å². The Bertz CT molecular complexity index is 366. The number of hydrogen-bond donors (Lipinski definition) is 1. The van der Waals surface area contributed by atoms with Crippen molar-refractivity contribution >= 4 is 12.0 Å². The predicted molar refractivity (Wildman–Crippen MR) is 78.6 cm³/mol. The quantitative estimate of drug-likeness (QED) is 0.863. The van der Waals surface area contributed by atoms with Crippen LogP contribution in [0.3, 0.4) is 0 Å². The largest absolute Gasteiger partial charge is 0.480 e. The Morgan fingerprint density at radius 2 is 2.00 bits per heavy atom. The van der Waals surface area contributed by atoms with Crippen LogP contribution in [-0.4, -0.2) is 53.1 Å². The number of rotatable bonds is 4. The minimum atomic E-state index is -0.902. The Morgan fingerprint density at radius 1 is 1.40 bits per heavy atom. The lowest BCUT2D eigenvalue weighted by Gasteiger charge is -2.45. The molecule has 1 unspecified atom stereocenters. The molecule has 1 aliphatic rings. The lowest BCUT2D eigenvalue weighted by atomic mass is 9.76. The number of carboxylic acid groups (broad SMARTS) is 1. The van der Waals surface area contributed by atoms with Crippen molar-refractivity contribution < 1.29 is 14.7 Å². The van der Waals surface area contributed by atoms with Crippen molar-refractivity contribution in [2.24, 2.45) is 11.3 Å². The zero-order chi connectivity index (χ0) is 15.5. The molecule has 1 atom stereocenters. The third kappa shape index (κ3) is 3.87. The first-order valence-corrected chi connectivity index (χ1v) is 7.41. The maximum absolute atomic E-state index is 12.5. The molecule has 1 aliphatic heterocycles. The van der Waals surface area contributed by atoms with Crippen LogP contribution in [0.25, 0.3) is 0 Å². The summed E-state index contributed by atoms with van der Waals surface area (Å²) in [4.78, 5) is 27.2. The van der Waals surface area contributed by atoms with E-state index in [4.69, 9.17) is 0 Å². The average Bonchev–Trinajstić information content (AvgIpc) is 2.32. The SMILES string of the molecule is CC(C)CCN(C)C(=O)N1CCCC(C)(C)C1C(=O)O. The van der Waals surface area contributed by atoms with Crippen molar-refractivity contribution in [3.63, 3.8) is 0 Å². The highest BCUT2D eigenvalue weighted by Crippen LogP contribution is 2.35. The van der Waals surface area contributed by atoms with E-state index in [2.05, 4.69) is 13.8 Å². The molecule has 0 aromatic rings. The van der Waals surface area contributed by atoms with Crippen LogP contribution in [0, 0.1) is 11.3 Å². The second-order valence-corrected chi connectivity index (χ2v) is 6.91. The molecule has 5 nitrogen and oxygen atoms in total. The molecule has 0 bridgehead atoms. The van der Waals surface area contributed by atoms with Gasteiger partial charge >= 0.3 is 12.0 Å². The number of carbonyl (C=O) groups excluding carboxylic acids is 1. The second-order valence-electron chi connectivity index (χ2n) is 6.91. The average molecular weight is 284 g/mol.